The molecular formula is C9H15IN2O. The van der Waals surface area contributed by atoms with Crippen molar-refractivity contribution in [2.24, 2.45) is 5.10 Å². The van der Waals surface area contributed by atoms with Crippen LogP contribution in [0.5, 0.6) is 0 Å². The van der Waals surface area contributed by atoms with E-state index in [0.29, 0.717) is 0 Å². The third-order valence-corrected chi connectivity index (χ3v) is 2.20. The zero-order valence-corrected chi connectivity index (χ0v) is 10.0. The molecule has 0 radical (unpaired) electrons. The van der Waals surface area contributed by atoms with E-state index in [4.69, 9.17) is 4.74 Å². The predicted octanol–water partition coefficient (Wildman–Crippen LogP) is 2.73. The summed E-state index contributed by atoms with van der Waals surface area (Å²) in [7, 11) is 0. The smallest absolute Gasteiger partial charge is 0.150 e. The van der Waals surface area contributed by atoms with Crippen LogP contribution in [-0.2, 0) is 4.74 Å². The van der Waals surface area contributed by atoms with Gasteiger partial charge in [-0.1, -0.05) is 0 Å². The van der Waals surface area contributed by atoms with E-state index >= 15 is 0 Å². The highest BCUT2D eigenvalue weighted by Crippen LogP contribution is 2.18. The molecule has 1 unspecified atom stereocenters. The molecule has 0 N–H and O–H groups in total. The molecule has 0 aromatic rings. The average Bonchev–Trinajstić information content (AvgIpc) is 2.15. The molecule has 0 spiro atoms. The molecule has 1 aliphatic rings. The van der Waals surface area contributed by atoms with Crippen LogP contribution in [0.1, 0.15) is 26.2 Å². The Morgan fingerprint density at radius 3 is 2.92 bits per heavy atom. The van der Waals surface area contributed by atoms with Gasteiger partial charge >= 0.3 is 0 Å². The summed E-state index contributed by atoms with van der Waals surface area (Å²) in [6, 6.07) is 0. The van der Waals surface area contributed by atoms with E-state index in [1.54, 1.807) is 5.01 Å². The van der Waals surface area contributed by atoms with E-state index < -0.39 is 0 Å². The van der Waals surface area contributed by atoms with Gasteiger partial charge in [0.15, 0.2) is 0 Å². The molecule has 1 aliphatic heterocycles. The fraction of sp³-hybridized carbons (Fsp3) is 0.667. The fourth-order valence-electron chi connectivity index (χ4n) is 1.33. The first-order valence-corrected chi connectivity index (χ1v) is 5.52. The Balaban J connectivity index is 2.54. The highest BCUT2D eigenvalue weighted by Gasteiger charge is 2.18. The normalized spacial score (nSPS) is 24.2. The molecular weight excluding hydrogens is 279 g/mol. The minimum absolute atomic E-state index is 0.0935. The summed E-state index contributed by atoms with van der Waals surface area (Å²) in [6.45, 7) is 6.40. The average molecular weight is 294 g/mol. The van der Waals surface area contributed by atoms with Crippen LogP contribution in [0.3, 0.4) is 0 Å². The Morgan fingerprint density at radius 1 is 1.69 bits per heavy atom. The summed E-state index contributed by atoms with van der Waals surface area (Å²) in [6.07, 6.45) is 5.47. The maximum atomic E-state index is 5.58. The molecule has 13 heavy (non-hydrogen) atoms. The van der Waals surface area contributed by atoms with E-state index in [-0.39, 0.29) is 6.23 Å². The lowest BCUT2D eigenvalue weighted by Crippen LogP contribution is -2.32. The van der Waals surface area contributed by atoms with Gasteiger partial charge in [-0.3, -0.25) is 0 Å². The number of hydrazone groups is 1. The highest BCUT2D eigenvalue weighted by atomic mass is 127. The Bertz CT molecular complexity index is 196. The van der Waals surface area contributed by atoms with Crippen molar-refractivity contribution >= 4 is 29.3 Å². The molecule has 74 valence electrons. The SMILES string of the molecule is C=NN(/C=C(\C)I)C1CCCCO1. The Hall–Kier alpha value is -0.100. The second-order valence-corrected chi connectivity index (χ2v) is 4.76. The van der Waals surface area contributed by atoms with Gasteiger partial charge in [-0.15, -0.1) is 0 Å². The third-order valence-electron chi connectivity index (χ3n) is 1.92. The Kier molecular flexibility index (Phi) is 4.72. The lowest BCUT2D eigenvalue weighted by molar-refractivity contribution is -0.0646. The maximum absolute atomic E-state index is 5.58. The van der Waals surface area contributed by atoms with E-state index in [1.165, 1.54) is 10.0 Å². The number of nitrogens with zero attached hydrogens (tertiary/aromatic N) is 2. The van der Waals surface area contributed by atoms with Crippen molar-refractivity contribution in [2.45, 2.75) is 32.4 Å². The van der Waals surface area contributed by atoms with Crippen molar-refractivity contribution in [1.82, 2.24) is 5.01 Å². The first-order valence-electron chi connectivity index (χ1n) is 4.44. The summed E-state index contributed by atoms with van der Waals surface area (Å²) in [5.41, 5.74) is 0. The lowest BCUT2D eigenvalue weighted by atomic mass is 10.2. The molecule has 3 nitrogen and oxygen atoms in total. The van der Waals surface area contributed by atoms with Crippen LogP contribution in [0.25, 0.3) is 0 Å². The second kappa shape index (κ2) is 5.59. The standard InChI is InChI=1S/C9H15IN2O/c1-8(10)7-12(11-2)9-5-3-4-6-13-9/h7,9H,2-6H2,1H3/b8-7+. The Morgan fingerprint density at radius 2 is 2.46 bits per heavy atom. The first-order chi connectivity index (χ1) is 6.24. The molecule has 1 fully saturated rings. The monoisotopic (exact) mass is 294 g/mol. The highest BCUT2D eigenvalue weighted by molar-refractivity contribution is 14.1. The van der Waals surface area contributed by atoms with Crippen molar-refractivity contribution < 1.29 is 4.74 Å². The van der Waals surface area contributed by atoms with Gasteiger partial charge in [0.2, 0.25) is 0 Å². The topological polar surface area (TPSA) is 24.8 Å². The molecule has 1 heterocycles. The predicted molar refractivity (Wildman–Crippen MR) is 62.8 cm³/mol. The van der Waals surface area contributed by atoms with Gasteiger partial charge in [0.25, 0.3) is 0 Å². The molecule has 4 heteroatoms. The molecule has 1 rings (SSSR count). The van der Waals surface area contributed by atoms with Crippen LogP contribution >= 0.6 is 22.6 Å². The van der Waals surface area contributed by atoms with Gasteiger partial charge in [0, 0.05) is 23.1 Å². The van der Waals surface area contributed by atoms with Crippen LogP contribution in [-0.4, -0.2) is 24.6 Å². The number of allylic oxidation sites excluding steroid dienone is 1. The van der Waals surface area contributed by atoms with Crippen LogP contribution in [0.4, 0.5) is 0 Å². The minimum Gasteiger partial charge on any atom is -0.357 e. The largest absolute Gasteiger partial charge is 0.357 e. The summed E-state index contributed by atoms with van der Waals surface area (Å²) < 4.78 is 6.76. The van der Waals surface area contributed by atoms with Gasteiger partial charge < -0.3 is 4.74 Å². The molecule has 1 atom stereocenters. The molecule has 0 saturated carbocycles. The maximum Gasteiger partial charge on any atom is 0.150 e. The molecule has 0 aromatic heterocycles. The fourth-order valence-corrected chi connectivity index (χ4v) is 1.62. The van der Waals surface area contributed by atoms with Gasteiger partial charge in [-0.05, 0) is 48.8 Å². The number of ether oxygens (including phenoxy) is 1. The number of halogens is 1. The van der Waals surface area contributed by atoms with Crippen molar-refractivity contribution in [3.63, 3.8) is 0 Å². The van der Waals surface area contributed by atoms with Gasteiger partial charge in [-0.25, -0.2) is 5.01 Å². The van der Waals surface area contributed by atoms with Gasteiger partial charge in [0.05, 0.1) is 0 Å². The third kappa shape index (κ3) is 3.64. The summed E-state index contributed by atoms with van der Waals surface area (Å²) in [5.74, 6) is 0. The first kappa shape index (κ1) is 11.0. The number of hydrogen-bond acceptors (Lipinski definition) is 3. The van der Waals surface area contributed by atoms with Crippen LogP contribution < -0.4 is 0 Å². The van der Waals surface area contributed by atoms with Crippen LogP contribution in [0, 0.1) is 0 Å². The zero-order valence-electron chi connectivity index (χ0n) is 7.87. The van der Waals surface area contributed by atoms with E-state index in [0.717, 1.165) is 19.4 Å². The molecule has 1 saturated heterocycles. The van der Waals surface area contributed by atoms with Crippen LogP contribution in [0.2, 0.25) is 0 Å². The summed E-state index contributed by atoms with van der Waals surface area (Å²) in [4.78, 5) is 0. The molecule has 0 amide bonds. The quantitative estimate of drug-likeness (QED) is 0.454. The van der Waals surface area contributed by atoms with Gasteiger partial charge in [-0.2, -0.15) is 5.10 Å². The minimum atomic E-state index is 0.0935. The molecule has 0 aromatic carbocycles. The van der Waals surface area contributed by atoms with E-state index in [9.17, 15) is 0 Å². The van der Waals surface area contributed by atoms with Crippen molar-refractivity contribution in [2.75, 3.05) is 6.61 Å². The Labute approximate surface area is 93.0 Å². The second-order valence-electron chi connectivity index (χ2n) is 3.06. The van der Waals surface area contributed by atoms with Crippen LogP contribution in [0.15, 0.2) is 14.9 Å². The number of hydrogen-bond donors (Lipinski definition) is 0. The lowest BCUT2D eigenvalue weighted by Gasteiger charge is -2.29. The van der Waals surface area contributed by atoms with Crippen molar-refractivity contribution in [3.05, 3.63) is 9.78 Å². The van der Waals surface area contributed by atoms with Crippen molar-refractivity contribution in [3.8, 4) is 0 Å². The van der Waals surface area contributed by atoms with Gasteiger partial charge in [0.1, 0.15) is 6.23 Å². The van der Waals surface area contributed by atoms with Crippen molar-refractivity contribution in [1.29, 1.82) is 0 Å². The molecule has 0 aliphatic carbocycles. The van der Waals surface area contributed by atoms with E-state index in [1.807, 2.05) is 13.1 Å². The zero-order chi connectivity index (χ0) is 9.68. The molecule has 0 bridgehead atoms. The number of rotatable bonds is 3. The summed E-state index contributed by atoms with van der Waals surface area (Å²) in [5, 5.41) is 5.74. The van der Waals surface area contributed by atoms with E-state index in [2.05, 4.69) is 34.4 Å². The summed E-state index contributed by atoms with van der Waals surface area (Å²) >= 11 is 2.25.